The number of halogens is 1. The maximum Gasteiger partial charge on any atom is 0.255 e. The number of hydrogen-bond acceptors (Lipinski definition) is 2. The van der Waals surface area contributed by atoms with E-state index < -0.39 is 0 Å². The number of hydrogen-bond donors (Lipinski definition) is 1. The molecular weight excluding hydrogens is 292 g/mol. The summed E-state index contributed by atoms with van der Waals surface area (Å²) in [5.41, 5.74) is 1.82. The van der Waals surface area contributed by atoms with Gasteiger partial charge in [0.05, 0.1) is 11.6 Å². The Bertz CT molecular complexity index is 597. The lowest BCUT2D eigenvalue weighted by Crippen LogP contribution is -2.11. The van der Waals surface area contributed by atoms with Crippen molar-refractivity contribution in [3.8, 4) is 6.07 Å². The van der Waals surface area contributed by atoms with Crippen molar-refractivity contribution in [1.29, 1.82) is 5.26 Å². The quantitative estimate of drug-likeness (QED) is 0.922. The van der Waals surface area contributed by atoms with E-state index in [1.54, 1.807) is 36.4 Å². The van der Waals surface area contributed by atoms with Crippen molar-refractivity contribution in [2.75, 3.05) is 5.32 Å². The molecule has 4 heteroatoms. The molecule has 88 valence electrons. The molecule has 1 amide bonds. The van der Waals surface area contributed by atoms with Crippen LogP contribution in [0.2, 0.25) is 0 Å². The van der Waals surface area contributed by atoms with Crippen LogP contribution in [0.3, 0.4) is 0 Å². The van der Waals surface area contributed by atoms with Crippen molar-refractivity contribution in [1.82, 2.24) is 0 Å². The van der Waals surface area contributed by atoms with Crippen LogP contribution in [-0.2, 0) is 0 Å². The third-order valence-electron chi connectivity index (χ3n) is 2.38. The molecule has 0 saturated heterocycles. The first-order chi connectivity index (χ1) is 8.69. The fourth-order valence-electron chi connectivity index (χ4n) is 1.43. The number of nitrogens with one attached hydrogen (secondary N) is 1. The van der Waals surface area contributed by atoms with Crippen molar-refractivity contribution in [2.45, 2.75) is 0 Å². The molecule has 2 rings (SSSR count). The SMILES string of the molecule is N#Cc1ccc(NC(=O)c2ccc(Br)cc2)cc1. The van der Waals surface area contributed by atoms with Crippen molar-refractivity contribution in [2.24, 2.45) is 0 Å². The van der Waals surface area contributed by atoms with Gasteiger partial charge in [-0.2, -0.15) is 5.26 Å². The number of amides is 1. The van der Waals surface area contributed by atoms with Gasteiger partial charge in [0.1, 0.15) is 0 Å². The van der Waals surface area contributed by atoms with Gasteiger partial charge in [-0.1, -0.05) is 15.9 Å². The van der Waals surface area contributed by atoms with Gasteiger partial charge < -0.3 is 5.32 Å². The van der Waals surface area contributed by atoms with E-state index in [-0.39, 0.29) is 5.91 Å². The lowest BCUT2D eigenvalue weighted by Gasteiger charge is -2.05. The van der Waals surface area contributed by atoms with E-state index in [4.69, 9.17) is 5.26 Å². The minimum Gasteiger partial charge on any atom is -0.322 e. The van der Waals surface area contributed by atoms with Crippen LogP contribution in [0, 0.1) is 11.3 Å². The van der Waals surface area contributed by atoms with E-state index in [1.165, 1.54) is 0 Å². The van der Waals surface area contributed by atoms with Crippen molar-refractivity contribution >= 4 is 27.5 Å². The molecule has 0 bridgehead atoms. The molecular formula is C14H9BrN2O. The number of rotatable bonds is 2. The Morgan fingerprint density at radius 2 is 1.67 bits per heavy atom. The summed E-state index contributed by atoms with van der Waals surface area (Å²) in [7, 11) is 0. The number of anilines is 1. The summed E-state index contributed by atoms with van der Waals surface area (Å²) in [6.07, 6.45) is 0. The highest BCUT2D eigenvalue weighted by molar-refractivity contribution is 9.10. The van der Waals surface area contributed by atoms with Gasteiger partial charge in [-0.25, -0.2) is 0 Å². The summed E-state index contributed by atoms with van der Waals surface area (Å²) in [4.78, 5) is 11.9. The molecule has 0 saturated carbocycles. The minimum atomic E-state index is -0.174. The van der Waals surface area contributed by atoms with E-state index in [0.29, 0.717) is 16.8 Å². The first-order valence-corrected chi connectivity index (χ1v) is 6.05. The summed E-state index contributed by atoms with van der Waals surface area (Å²) >= 11 is 3.31. The van der Waals surface area contributed by atoms with Gasteiger partial charge in [-0.05, 0) is 48.5 Å². The summed E-state index contributed by atoms with van der Waals surface area (Å²) in [6, 6.07) is 15.9. The van der Waals surface area contributed by atoms with E-state index in [2.05, 4.69) is 21.2 Å². The van der Waals surface area contributed by atoms with Crippen LogP contribution in [0.15, 0.2) is 53.0 Å². The van der Waals surface area contributed by atoms with Crippen LogP contribution in [0.25, 0.3) is 0 Å². The standard InChI is InChI=1S/C14H9BrN2O/c15-12-5-3-11(4-6-12)14(18)17-13-7-1-10(9-16)2-8-13/h1-8H,(H,17,18). The fraction of sp³-hybridized carbons (Fsp3) is 0. The molecule has 18 heavy (non-hydrogen) atoms. The second-order valence-corrected chi connectivity index (χ2v) is 4.57. The van der Waals surface area contributed by atoms with E-state index >= 15 is 0 Å². The zero-order chi connectivity index (χ0) is 13.0. The maximum atomic E-state index is 11.9. The van der Waals surface area contributed by atoms with Crippen LogP contribution < -0.4 is 5.32 Å². The van der Waals surface area contributed by atoms with Crippen LogP contribution in [-0.4, -0.2) is 5.91 Å². The topological polar surface area (TPSA) is 52.9 Å². The first kappa shape index (κ1) is 12.3. The Kier molecular flexibility index (Phi) is 3.75. The summed E-state index contributed by atoms with van der Waals surface area (Å²) in [5.74, 6) is -0.174. The van der Waals surface area contributed by atoms with Crippen molar-refractivity contribution in [3.63, 3.8) is 0 Å². The van der Waals surface area contributed by atoms with Crippen LogP contribution >= 0.6 is 15.9 Å². The normalized spacial score (nSPS) is 9.56. The molecule has 0 unspecified atom stereocenters. The number of nitriles is 1. The summed E-state index contributed by atoms with van der Waals surface area (Å²) in [5, 5.41) is 11.4. The molecule has 3 nitrogen and oxygen atoms in total. The van der Waals surface area contributed by atoms with Crippen molar-refractivity contribution in [3.05, 3.63) is 64.1 Å². The molecule has 0 spiro atoms. The monoisotopic (exact) mass is 300 g/mol. The van der Waals surface area contributed by atoms with Gasteiger partial charge in [0.25, 0.3) is 5.91 Å². The molecule has 0 aromatic heterocycles. The molecule has 2 aromatic carbocycles. The molecule has 0 atom stereocenters. The van der Waals surface area contributed by atoms with Crippen LogP contribution in [0.1, 0.15) is 15.9 Å². The number of carbonyl (C=O) groups is 1. The molecule has 2 aromatic rings. The number of carbonyl (C=O) groups excluding carboxylic acids is 1. The molecule has 0 heterocycles. The lowest BCUT2D eigenvalue weighted by molar-refractivity contribution is 0.102. The maximum absolute atomic E-state index is 11.9. The Balaban J connectivity index is 2.11. The van der Waals surface area contributed by atoms with Gasteiger partial charge >= 0.3 is 0 Å². The average Bonchev–Trinajstić information content (AvgIpc) is 2.40. The number of benzene rings is 2. The average molecular weight is 301 g/mol. The van der Waals surface area contributed by atoms with Gasteiger partial charge in [-0.3, -0.25) is 4.79 Å². The molecule has 0 aliphatic rings. The Morgan fingerprint density at radius 3 is 2.22 bits per heavy atom. The van der Waals surface area contributed by atoms with Crippen LogP contribution in [0.4, 0.5) is 5.69 Å². The van der Waals surface area contributed by atoms with Crippen LogP contribution in [0.5, 0.6) is 0 Å². The third-order valence-corrected chi connectivity index (χ3v) is 2.91. The smallest absolute Gasteiger partial charge is 0.255 e. The highest BCUT2D eigenvalue weighted by Gasteiger charge is 2.05. The molecule has 0 aliphatic carbocycles. The molecule has 0 fully saturated rings. The Labute approximate surface area is 113 Å². The number of nitrogens with zero attached hydrogens (tertiary/aromatic N) is 1. The first-order valence-electron chi connectivity index (χ1n) is 5.26. The molecule has 1 N–H and O–H groups in total. The highest BCUT2D eigenvalue weighted by Crippen LogP contribution is 2.13. The molecule has 0 aliphatic heterocycles. The van der Waals surface area contributed by atoms with Gasteiger partial charge in [0.15, 0.2) is 0 Å². The van der Waals surface area contributed by atoms with E-state index in [1.807, 2.05) is 18.2 Å². The zero-order valence-corrected chi connectivity index (χ0v) is 10.9. The Morgan fingerprint density at radius 1 is 1.06 bits per heavy atom. The molecule has 0 radical (unpaired) electrons. The van der Waals surface area contributed by atoms with Gasteiger partial charge in [0, 0.05) is 15.7 Å². The van der Waals surface area contributed by atoms with Gasteiger partial charge in [0.2, 0.25) is 0 Å². The summed E-state index contributed by atoms with van der Waals surface area (Å²) in [6.45, 7) is 0. The van der Waals surface area contributed by atoms with E-state index in [0.717, 1.165) is 4.47 Å². The largest absolute Gasteiger partial charge is 0.322 e. The zero-order valence-electron chi connectivity index (χ0n) is 9.35. The lowest BCUT2D eigenvalue weighted by atomic mass is 10.2. The van der Waals surface area contributed by atoms with Gasteiger partial charge in [-0.15, -0.1) is 0 Å². The Hall–Kier alpha value is -2.12. The second kappa shape index (κ2) is 5.48. The predicted octanol–water partition coefficient (Wildman–Crippen LogP) is 3.57. The second-order valence-electron chi connectivity index (χ2n) is 3.65. The predicted molar refractivity (Wildman–Crippen MR) is 73.3 cm³/mol. The highest BCUT2D eigenvalue weighted by atomic mass is 79.9. The fourth-order valence-corrected chi connectivity index (χ4v) is 1.70. The van der Waals surface area contributed by atoms with Crippen molar-refractivity contribution < 1.29 is 4.79 Å². The third kappa shape index (κ3) is 2.96. The van der Waals surface area contributed by atoms with E-state index in [9.17, 15) is 4.79 Å². The summed E-state index contributed by atoms with van der Waals surface area (Å²) < 4.78 is 0.928. The minimum absolute atomic E-state index is 0.174.